The first-order valence-electron chi connectivity index (χ1n) is 4.07. The fourth-order valence-electron chi connectivity index (χ4n) is 0.895. The Morgan fingerprint density at radius 2 is 2.29 bits per heavy atom. The van der Waals surface area contributed by atoms with Crippen molar-refractivity contribution in [2.75, 3.05) is 0 Å². The zero-order valence-electron chi connectivity index (χ0n) is 7.82. The van der Waals surface area contributed by atoms with Crippen molar-refractivity contribution in [3.05, 3.63) is 22.3 Å². The van der Waals surface area contributed by atoms with Crippen LogP contribution < -0.4 is 4.74 Å². The number of pyridine rings is 1. The highest BCUT2D eigenvalue weighted by atomic mass is 79.9. The molecule has 4 nitrogen and oxygen atoms in total. The summed E-state index contributed by atoms with van der Waals surface area (Å²) in [5, 5.41) is 8.81. The molecule has 14 heavy (non-hydrogen) atoms. The van der Waals surface area contributed by atoms with E-state index in [4.69, 9.17) is 9.84 Å². The number of hydrogen-bond donors (Lipinski definition) is 1. The van der Waals surface area contributed by atoms with Crippen molar-refractivity contribution in [1.29, 1.82) is 0 Å². The lowest BCUT2D eigenvalue weighted by atomic mass is 10.3. The Hall–Kier alpha value is -1.10. The zero-order valence-corrected chi connectivity index (χ0v) is 9.41. The fraction of sp³-hybridized carbons (Fsp3) is 0.333. The lowest BCUT2D eigenvalue weighted by Gasteiger charge is -2.10. The summed E-state index contributed by atoms with van der Waals surface area (Å²) < 4.78 is 5.69. The van der Waals surface area contributed by atoms with Gasteiger partial charge >= 0.3 is 5.97 Å². The topological polar surface area (TPSA) is 59.4 Å². The number of carboxylic acid groups (broad SMARTS) is 1. The molecule has 0 fully saturated rings. The molecular weight excluding hydrogens is 250 g/mol. The number of rotatable bonds is 3. The van der Waals surface area contributed by atoms with Crippen LogP contribution in [0.1, 0.15) is 24.2 Å². The molecule has 1 rings (SSSR count). The third kappa shape index (κ3) is 2.45. The molecule has 0 spiro atoms. The molecule has 0 aliphatic heterocycles. The van der Waals surface area contributed by atoms with Crippen LogP contribution in [0.25, 0.3) is 0 Å². The molecule has 5 heteroatoms. The van der Waals surface area contributed by atoms with E-state index in [0.29, 0.717) is 10.4 Å². The van der Waals surface area contributed by atoms with E-state index in [2.05, 4.69) is 20.9 Å². The first-order valence-corrected chi connectivity index (χ1v) is 4.86. The van der Waals surface area contributed by atoms with Crippen LogP contribution in [0.3, 0.4) is 0 Å². The Balaban J connectivity index is 3.07. The van der Waals surface area contributed by atoms with Crippen LogP contribution >= 0.6 is 15.9 Å². The monoisotopic (exact) mass is 259 g/mol. The SMILES string of the molecule is CC(C)Oc1nccc(C(=O)O)c1Br. The van der Waals surface area contributed by atoms with Gasteiger partial charge in [0, 0.05) is 6.20 Å². The van der Waals surface area contributed by atoms with Gasteiger partial charge in [-0.1, -0.05) is 0 Å². The molecule has 1 aromatic heterocycles. The molecule has 0 aromatic carbocycles. The third-order valence-corrected chi connectivity index (χ3v) is 2.20. The average molecular weight is 260 g/mol. The minimum absolute atomic E-state index is 0.0390. The number of hydrogen-bond acceptors (Lipinski definition) is 3. The first-order chi connectivity index (χ1) is 6.52. The van der Waals surface area contributed by atoms with E-state index < -0.39 is 5.97 Å². The minimum atomic E-state index is -1.01. The summed E-state index contributed by atoms with van der Waals surface area (Å²) in [5.74, 6) is -0.701. The molecule has 0 radical (unpaired) electrons. The maximum absolute atomic E-state index is 10.7. The van der Waals surface area contributed by atoms with Crippen molar-refractivity contribution in [3.63, 3.8) is 0 Å². The highest BCUT2D eigenvalue weighted by molar-refractivity contribution is 9.10. The highest BCUT2D eigenvalue weighted by Crippen LogP contribution is 2.26. The normalized spacial score (nSPS) is 10.3. The second-order valence-electron chi connectivity index (χ2n) is 2.95. The summed E-state index contributed by atoms with van der Waals surface area (Å²) in [6.07, 6.45) is 1.37. The van der Waals surface area contributed by atoms with Crippen LogP contribution in [0, 0.1) is 0 Å². The standard InChI is InChI=1S/C9H10BrNO3/c1-5(2)14-8-7(10)6(9(12)13)3-4-11-8/h3-5H,1-2H3,(H,12,13). The molecule has 1 N–H and O–H groups in total. The second-order valence-corrected chi connectivity index (χ2v) is 3.74. The highest BCUT2D eigenvalue weighted by Gasteiger charge is 2.14. The quantitative estimate of drug-likeness (QED) is 0.906. The zero-order chi connectivity index (χ0) is 10.7. The molecule has 0 bridgehead atoms. The van der Waals surface area contributed by atoms with Gasteiger partial charge in [-0.3, -0.25) is 0 Å². The number of ether oxygens (including phenoxy) is 1. The van der Waals surface area contributed by atoms with Crippen LogP contribution in [-0.4, -0.2) is 22.2 Å². The maximum atomic E-state index is 10.7. The number of carboxylic acids is 1. The Morgan fingerprint density at radius 1 is 1.64 bits per heavy atom. The van der Waals surface area contributed by atoms with Gasteiger partial charge in [-0.2, -0.15) is 0 Å². The Labute approximate surface area is 90.0 Å². The van der Waals surface area contributed by atoms with Gasteiger partial charge in [0.2, 0.25) is 5.88 Å². The predicted octanol–water partition coefficient (Wildman–Crippen LogP) is 2.33. The van der Waals surface area contributed by atoms with Crippen molar-refractivity contribution < 1.29 is 14.6 Å². The molecule has 0 saturated heterocycles. The Morgan fingerprint density at radius 3 is 2.79 bits per heavy atom. The summed E-state index contributed by atoms with van der Waals surface area (Å²) in [6, 6.07) is 1.42. The van der Waals surface area contributed by atoms with E-state index in [1.807, 2.05) is 13.8 Å². The smallest absolute Gasteiger partial charge is 0.337 e. The molecule has 0 amide bonds. The van der Waals surface area contributed by atoms with Crippen LogP contribution in [-0.2, 0) is 0 Å². The van der Waals surface area contributed by atoms with Crippen LogP contribution in [0.2, 0.25) is 0 Å². The molecule has 0 unspecified atom stereocenters. The van der Waals surface area contributed by atoms with Gasteiger partial charge in [0.05, 0.1) is 16.1 Å². The minimum Gasteiger partial charge on any atom is -0.478 e. The van der Waals surface area contributed by atoms with Crippen molar-refractivity contribution in [1.82, 2.24) is 4.98 Å². The van der Waals surface area contributed by atoms with Crippen molar-refractivity contribution >= 4 is 21.9 Å². The van der Waals surface area contributed by atoms with Gasteiger partial charge in [0.25, 0.3) is 0 Å². The number of aromatic nitrogens is 1. The van der Waals surface area contributed by atoms with E-state index in [1.165, 1.54) is 12.3 Å². The fourth-order valence-corrected chi connectivity index (χ4v) is 1.39. The van der Waals surface area contributed by atoms with Crippen molar-refractivity contribution in [2.45, 2.75) is 20.0 Å². The van der Waals surface area contributed by atoms with Crippen LogP contribution in [0.5, 0.6) is 5.88 Å². The Kier molecular flexibility index (Phi) is 3.46. The van der Waals surface area contributed by atoms with Crippen molar-refractivity contribution in [3.8, 4) is 5.88 Å². The molecule has 0 saturated carbocycles. The van der Waals surface area contributed by atoms with Gasteiger partial charge < -0.3 is 9.84 Å². The summed E-state index contributed by atoms with van der Waals surface area (Å²) in [5.41, 5.74) is 0.149. The number of carbonyl (C=O) groups is 1. The first kappa shape index (κ1) is 11.0. The predicted molar refractivity (Wildman–Crippen MR) is 54.7 cm³/mol. The largest absolute Gasteiger partial charge is 0.478 e. The lowest BCUT2D eigenvalue weighted by molar-refractivity contribution is 0.0694. The molecule has 1 aromatic rings. The van der Waals surface area contributed by atoms with Crippen molar-refractivity contribution in [2.24, 2.45) is 0 Å². The maximum Gasteiger partial charge on any atom is 0.337 e. The molecule has 0 aliphatic carbocycles. The second kappa shape index (κ2) is 4.41. The summed E-state index contributed by atoms with van der Waals surface area (Å²) in [4.78, 5) is 14.7. The van der Waals surface area contributed by atoms with Gasteiger partial charge in [-0.15, -0.1) is 0 Å². The number of aromatic carboxylic acids is 1. The van der Waals surface area contributed by atoms with Gasteiger partial charge in [0.1, 0.15) is 0 Å². The third-order valence-electron chi connectivity index (χ3n) is 1.43. The van der Waals surface area contributed by atoms with Gasteiger partial charge in [0.15, 0.2) is 0 Å². The Bertz CT molecular complexity index is 352. The summed E-state index contributed by atoms with van der Waals surface area (Å²) in [6.45, 7) is 3.70. The van der Waals surface area contributed by atoms with E-state index >= 15 is 0 Å². The molecule has 1 heterocycles. The van der Waals surface area contributed by atoms with E-state index in [9.17, 15) is 4.79 Å². The van der Waals surface area contributed by atoms with E-state index in [-0.39, 0.29) is 11.7 Å². The van der Waals surface area contributed by atoms with E-state index in [1.54, 1.807) is 0 Å². The molecule has 0 aliphatic rings. The number of halogens is 1. The molecular formula is C9H10BrNO3. The summed E-state index contributed by atoms with van der Waals surface area (Å²) in [7, 11) is 0. The van der Waals surface area contributed by atoms with E-state index in [0.717, 1.165) is 0 Å². The molecule has 76 valence electrons. The van der Waals surface area contributed by atoms with Gasteiger partial charge in [-0.25, -0.2) is 9.78 Å². The number of nitrogens with zero attached hydrogens (tertiary/aromatic N) is 1. The van der Waals surface area contributed by atoms with Crippen LogP contribution in [0.4, 0.5) is 0 Å². The molecule has 0 atom stereocenters. The van der Waals surface area contributed by atoms with Gasteiger partial charge in [-0.05, 0) is 35.8 Å². The lowest BCUT2D eigenvalue weighted by Crippen LogP contribution is -2.09. The summed E-state index contributed by atoms with van der Waals surface area (Å²) >= 11 is 3.14. The average Bonchev–Trinajstić information content (AvgIpc) is 2.07. The van der Waals surface area contributed by atoms with Crippen LogP contribution in [0.15, 0.2) is 16.7 Å².